The van der Waals surface area contributed by atoms with Crippen LogP contribution in [0.3, 0.4) is 0 Å². The van der Waals surface area contributed by atoms with Crippen molar-refractivity contribution < 1.29 is 4.42 Å². The molecule has 0 atom stereocenters. The average molecular weight is 109 g/mol. The summed E-state index contributed by atoms with van der Waals surface area (Å²) in [6.07, 6.45) is 4.76. The van der Waals surface area contributed by atoms with E-state index in [4.69, 9.17) is 4.42 Å². The third-order valence-electron chi connectivity index (χ3n) is 0.948. The lowest BCUT2D eigenvalue weighted by atomic mass is 10.3. The normalized spacial score (nSPS) is 9.62. The fourth-order valence-electron chi connectivity index (χ4n) is 0.609. The number of hydrogen-bond acceptors (Lipinski definition) is 1. The summed E-state index contributed by atoms with van der Waals surface area (Å²) in [7, 11) is 0. The lowest BCUT2D eigenvalue weighted by Crippen LogP contribution is -1.69. The topological polar surface area (TPSA) is 13.1 Å². The van der Waals surface area contributed by atoms with Gasteiger partial charge in [-0.2, -0.15) is 0 Å². The maximum Gasteiger partial charge on any atom is 0.107 e. The summed E-state index contributed by atoms with van der Waals surface area (Å²) >= 11 is 0. The lowest BCUT2D eigenvalue weighted by Gasteiger charge is -1.85. The van der Waals surface area contributed by atoms with Gasteiger partial charge in [-0.25, -0.2) is 0 Å². The van der Waals surface area contributed by atoms with Gasteiger partial charge in [0.05, 0.1) is 6.26 Å². The van der Waals surface area contributed by atoms with Crippen molar-refractivity contribution >= 4 is 0 Å². The second-order valence-electron chi connectivity index (χ2n) is 1.63. The minimum absolute atomic E-state index is 0.965. The molecule has 0 aromatic carbocycles. The second kappa shape index (κ2) is 2.55. The Hall–Kier alpha value is -0.720. The van der Waals surface area contributed by atoms with Crippen molar-refractivity contribution in [3.05, 3.63) is 30.6 Å². The van der Waals surface area contributed by atoms with Crippen molar-refractivity contribution in [2.45, 2.75) is 13.3 Å². The lowest BCUT2D eigenvalue weighted by molar-refractivity contribution is 0.536. The molecule has 0 aliphatic heterocycles. The molecule has 8 heavy (non-hydrogen) atoms. The van der Waals surface area contributed by atoms with Crippen LogP contribution in [-0.4, -0.2) is 0 Å². The van der Waals surface area contributed by atoms with Crippen molar-refractivity contribution in [1.29, 1.82) is 0 Å². The summed E-state index contributed by atoms with van der Waals surface area (Å²) in [5.41, 5.74) is 0. The maximum absolute atomic E-state index is 5.02. The first-order chi connectivity index (χ1) is 3.93. The maximum atomic E-state index is 5.02. The summed E-state index contributed by atoms with van der Waals surface area (Å²) in [4.78, 5) is 0. The highest BCUT2D eigenvalue weighted by Gasteiger charge is 1.89. The summed E-state index contributed by atoms with van der Waals surface area (Å²) < 4.78 is 5.02. The van der Waals surface area contributed by atoms with Crippen LogP contribution in [0.1, 0.15) is 19.1 Å². The molecule has 1 rings (SSSR count). The van der Waals surface area contributed by atoms with Gasteiger partial charge in [0.1, 0.15) is 5.76 Å². The predicted octanol–water partition coefficient (Wildman–Crippen LogP) is 2.24. The highest BCUT2D eigenvalue weighted by Crippen LogP contribution is 2.04. The highest BCUT2D eigenvalue weighted by atomic mass is 16.3. The van der Waals surface area contributed by atoms with E-state index in [0.29, 0.717) is 0 Å². The van der Waals surface area contributed by atoms with E-state index < -0.39 is 0 Å². The van der Waals surface area contributed by atoms with Crippen LogP contribution in [0.2, 0.25) is 0 Å². The van der Waals surface area contributed by atoms with Crippen LogP contribution in [0.25, 0.3) is 0 Å². The van der Waals surface area contributed by atoms with Gasteiger partial charge in [-0.3, -0.25) is 0 Å². The minimum atomic E-state index is 0.965. The molecule has 0 saturated carbocycles. The van der Waals surface area contributed by atoms with E-state index in [1.807, 2.05) is 18.6 Å². The summed E-state index contributed by atoms with van der Waals surface area (Å²) in [5, 5.41) is 0. The molecule has 0 N–H and O–H groups in total. The van der Waals surface area contributed by atoms with Gasteiger partial charge in [0.25, 0.3) is 0 Å². The van der Waals surface area contributed by atoms with Crippen molar-refractivity contribution in [2.24, 2.45) is 0 Å². The Balaban J connectivity index is 2.50. The number of rotatable bonds is 2. The molecule has 0 spiro atoms. The summed E-state index contributed by atoms with van der Waals surface area (Å²) in [5.74, 6) is 0.965. The fraction of sp³-hybridized carbons (Fsp3) is 0.286. The quantitative estimate of drug-likeness (QED) is 0.567. The predicted molar refractivity (Wildman–Crippen MR) is 32.4 cm³/mol. The van der Waals surface area contributed by atoms with Gasteiger partial charge in [0, 0.05) is 6.42 Å². The molecule has 0 saturated heterocycles. The Kier molecular flexibility index (Phi) is 1.73. The highest BCUT2D eigenvalue weighted by molar-refractivity contribution is 5.07. The van der Waals surface area contributed by atoms with Gasteiger partial charge in [-0.1, -0.05) is 6.92 Å². The molecular formula is C7H9O. The molecule has 0 aliphatic carbocycles. The zero-order valence-electron chi connectivity index (χ0n) is 4.92. The van der Waals surface area contributed by atoms with Crippen LogP contribution in [0.15, 0.2) is 22.8 Å². The Morgan fingerprint density at radius 2 is 2.62 bits per heavy atom. The van der Waals surface area contributed by atoms with E-state index in [0.717, 1.165) is 12.2 Å². The molecule has 0 aliphatic rings. The Morgan fingerprint density at radius 3 is 3.12 bits per heavy atom. The largest absolute Gasteiger partial charge is 0.469 e. The molecule has 0 bridgehead atoms. The third kappa shape index (κ3) is 1.12. The number of hydrogen-bond donors (Lipinski definition) is 0. The van der Waals surface area contributed by atoms with Crippen molar-refractivity contribution in [3.63, 3.8) is 0 Å². The van der Waals surface area contributed by atoms with Gasteiger partial charge in [-0.15, -0.1) is 0 Å². The summed E-state index contributed by atoms with van der Waals surface area (Å²) in [6, 6.07) is 3.84. The van der Waals surface area contributed by atoms with Gasteiger partial charge in [0.15, 0.2) is 0 Å². The van der Waals surface area contributed by atoms with Crippen molar-refractivity contribution in [1.82, 2.24) is 0 Å². The van der Waals surface area contributed by atoms with E-state index in [1.165, 1.54) is 0 Å². The first kappa shape index (κ1) is 5.42. The summed E-state index contributed by atoms with van der Waals surface area (Å²) in [6.45, 7) is 2.09. The molecular weight excluding hydrogens is 100 g/mol. The van der Waals surface area contributed by atoms with Crippen LogP contribution in [0.5, 0.6) is 0 Å². The Labute approximate surface area is 49.3 Å². The van der Waals surface area contributed by atoms with Crippen LogP contribution in [0.4, 0.5) is 0 Å². The molecule has 0 fully saturated rings. The Bertz CT molecular complexity index is 130. The van der Waals surface area contributed by atoms with E-state index in [-0.39, 0.29) is 0 Å². The molecule has 1 aromatic rings. The van der Waals surface area contributed by atoms with Crippen molar-refractivity contribution in [2.75, 3.05) is 0 Å². The van der Waals surface area contributed by atoms with Gasteiger partial charge in [-0.05, 0) is 18.6 Å². The van der Waals surface area contributed by atoms with Crippen LogP contribution in [0, 0.1) is 6.42 Å². The average Bonchev–Trinajstić information content (AvgIpc) is 2.19. The van der Waals surface area contributed by atoms with E-state index >= 15 is 0 Å². The van der Waals surface area contributed by atoms with E-state index in [2.05, 4.69) is 6.92 Å². The monoisotopic (exact) mass is 109 g/mol. The molecule has 0 unspecified atom stereocenters. The minimum Gasteiger partial charge on any atom is -0.469 e. The molecule has 0 amide bonds. The van der Waals surface area contributed by atoms with Gasteiger partial charge < -0.3 is 4.42 Å². The van der Waals surface area contributed by atoms with Crippen molar-refractivity contribution in [3.8, 4) is 0 Å². The zero-order valence-corrected chi connectivity index (χ0v) is 4.92. The van der Waals surface area contributed by atoms with E-state index in [1.54, 1.807) is 6.26 Å². The zero-order chi connectivity index (χ0) is 5.82. The molecule has 1 nitrogen and oxygen atoms in total. The first-order valence-electron chi connectivity index (χ1n) is 2.80. The molecule has 43 valence electrons. The third-order valence-corrected chi connectivity index (χ3v) is 0.948. The van der Waals surface area contributed by atoms with Crippen LogP contribution in [-0.2, 0) is 0 Å². The van der Waals surface area contributed by atoms with Gasteiger partial charge >= 0.3 is 0 Å². The molecule has 1 aromatic heterocycles. The fourth-order valence-corrected chi connectivity index (χ4v) is 0.609. The van der Waals surface area contributed by atoms with Crippen LogP contribution >= 0.6 is 0 Å². The second-order valence-corrected chi connectivity index (χ2v) is 1.63. The van der Waals surface area contributed by atoms with Crippen LogP contribution < -0.4 is 0 Å². The smallest absolute Gasteiger partial charge is 0.107 e. The van der Waals surface area contributed by atoms with E-state index in [9.17, 15) is 0 Å². The molecule has 1 heterocycles. The van der Waals surface area contributed by atoms with Gasteiger partial charge in [0.2, 0.25) is 0 Å². The first-order valence-corrected chi connectivity index (χ1v) is 2.80. The molecule has 1 radical (unpaired) electrons. The Morgan fingerprint density at radius 1 is 1.75 bits per heavy atom. The standard InChI is InChI=1S/C7H9O/c1-2-4-7-5-3-6-8-7/h3-6H,2H2,1H3. The number of furan rings is 1. The SMILES string of the molecule is CC[CH]c1ccco1. The molecule has 1 heteroatoms.